The number of nitrogens with zero attached hydrogens (tertiary/aromatic N) is 4. The maximum absolute atomic E-state index is 12.8. The molecule has 0 aliphatic carbocycles. The highest BCUT2D eigenvalue weighted by atomic mass is 32.1. The highest BCUT2D eigenvalue weighted by molar-refractivity contribution is 7.16. The summed E-state index contributed by atoms with van der Waals surface area (Å²) in [6.45, 7) is -0.0818. The molecule has 3 rings (SSSR count). The minimum atomic E-state index is -4.66. The molecular formula is C12H7F4N5OS. The topological polar surface area (TPSA) is 72.2 Å². The number of hydrogen-bond acceptors (Lipinski definition) is 5. The fourth-order valence-electron chi connectivity index (χ4n) is 1.76. The van der Waals surface area contributed by atoms with Gasteiger partial charge in [-0.3, -0.25) is 4.79 Å². The van der Waals surface area contributed by atoms with Crippen LogP contribution in [0, 0.1) is 5.82 Å². The first-order valence-corrected chi connectivity index (χ1v) is 6.98. The van der Waals surface area contributed by atoms with Gasteiger partial charge in [-0.05, 0) is 24.3 Å². The van der Waals surface area contributed by atoms with Gasteiger partial charge in [-0.25, -0.2) is 4.39 Å². The normalized spacial score (nSPS) is 11.8. The number of rotatable bonds is 3. The number of nitrogens with one attached hydrogen (secondary N) is 1. The van der Waals surface area contributed by atoms with Crippen molar-refractivity contribution in [2.75, 3.05) is 0 Å². The van der Waals surface area contributed by atoms with E-state index in [0.717, 1.165) is 23.5 Å². The van der Waals surface area contributed by atoms with Gasteiger partial charge in [0, 0.05) is 5.56 Å². The Hall–Kier alpha value is -2.56. The smallest absolute Gasteiger partial charge is 0.345 e. The molecule has 120 valence electrons. The van der Waals surface area contributed by atoms with Crippen molar-refractivity contribution in [3.63, 3.8) is 0 Å². The lowest BCUT2D eigenvalue weighted by atomic mass is 10.2. The Morgan fingerprint density at radius 2 is 1.91 bits per heavy atom. The second kappa shape index (κ2) is 5.57. The van der Waals surface area contributed by atoms with Gasteiger partial charge in [-0.1, -0.05) is 11.3 Å². The Balaban J connectivity index is 1.73. The zero-order valence-electron chi connectivity index (χ0n) is 11.1. The van der Waals surface area contributed by atoms with Crippen molar-refractivity contribution in [2.45, 2.75) is 12.7 Å². The summed E-state index contributed by atoms with van der Waals surface area (Å²) >= 11 is 0.877. The number of hydrogen-bond donors (Lipinski definition) is 1. The van der Waals surface area contributed by atoms with E-state index in [4.69, 9.17) is 0 Å². The van der Waals surface area contributed by atoms with Crippen LogP contribution in [0.3, 0.4) is 0 Å². The van der Waals surface area contributed by atoms with E-state index in [9.17, 15) is 22.4 Å². The second-order valence-electron chi connectivity index (χ2n) is 4.40. The molecule has 0 unspecified atom stereocenters. The second-order valence-corrected chi connectivity index (χ2v) is 5.44. The third-order valence-corrected chi connectivity index (χ3v) is 3.69. The van der Waals surface area contributed by atoms with Crippen molar-refractivity contribution in [1.29, 1.82) is 0 Å². The van der Waals surface area contributed by atoms with Crippen LogP contribution in [-0.2, 0) is 12.7 Å². The molecule has 0 saturated heterocycles. The van der Waals surface area contributed by atoms with Gasteiger partial charge in [-0.15, -0.1) is 10.2 Å². The lowest BCUT2D eigenvalue weighted by molar-refractivity contribution is -0.146. The first-order valence-electron chi connectivity index (χ1n) is 6.16. The Kier molecular flexibility index (Phi) is 3.72. The number of carbonyl (C=O) groups is 1. The van der Waals surface area contributed by atoms with Crippen molar-refractivity contribution in [3.8, 4) is 0 Å². The van der Waals surface area contributed by atoms with E-state index in [1.165, 1.54) is 12.1 Å². The van der Waals surface area contributed by atoms with Crippen LogP contribution in [-0.4, -0.2) is 25.7 Å². The first kappa shape index (κ1) is 15.3. The molecule has 0 saturated carbocycles. The van der Waals surface area contributed by atoms with Crippen LogP contribution in [0.15, 0.2) is 24.3 Å². The van der Waals surface area contributed by atoms with Crippen LogP contribution in [0.5, 0.6) is 0 Å². The minimum Gasteiger partial charge on any atom is -0.345 e. The molecular weight excluding hydrogens is 338 g/mol. The Morgan fingerprint density at radius 1 is 1.22 bits per heavy atom. The largest absolute Gasteiger partial charge is 0.453 e. The van der Waals surface area contributed by atoms with Gasteiger partial charge in [0.2, 0.25) is 4.96 Å². The predicted octanol–water partition coefficient (Wildman–Crippen LogP) is 2.27. The molecule has 23 heavy (non-hydrogen) atoms. The van der Waals surface area contributed by atoms with Crippen LogP contribution >= 0.6 is 11.3 Å². The van der Waals surface area contributed by atoms with Crippen LogP contribution in [0.4, 0.5) is 17.6 Å². The summed E-state index contributed by atoms with van der Waals surface area (Å²) in [7, 11) is 0. The summed E-state index contributed by atoms with van der Waals surface area (Å²) in [6, 6.07) is 4.86. The van der Waals surface area contributed by atoms with Gasteiger partial charge in [0.15, 0.2) is 0 Å². The molecule has 0 fully saturated rings. The van der Waals surface area contributed by atoms with E-state index >= 15 is 0 Å². The number of benzene rings is 1. The van der Waals surface area contributed by atoms with Gasteiger partial charge >= 0.3 is 6.18 Å². The van der Waals surface area contributed by atoms with E-state index < -0.39 is 23.7 Å². The molecule has 2 heterocycles. The van der Waals surface area contributed by atoms with Crippen LogP contribution in [0.2, 0.25) is 0 Å². The molecule has 0 atom stereocenters. The molecule has 0 spiro atoms. The van der Waals surface area contributed by atoms with E-state index in [1.807, 2.05) is 0 Å². The molecule has 1 aromatic carbocycles. The maximum Gasteiger partial charge on any atom is 0.453 e. The average molecular weight is 345 g/mol. The third kappa shape index (κ3) is 3.13. The van der Waals surface area contributed by atoms with Crippen molar-refractivity contribution in [1.82, 2.24) is 25.1 Å². The van der Waals surface area contributed by atoms with Gasteiger partial charge < -0.3 is 5.32 Å². The van der Waals surface area contributed by atoms with Crippen molar-refractivity contribution < 1.29 is 22.4 Å². The number of amides is 1. The molecule has 3 aromatic rings. The fraction of sp³-hybridized carbons (Fsp3) is 0.167. The predicted molar refractivity (Wildman–Crippen MR) is 71.2 cm³/mol. The molecule has 0 aliphatic heterocycles. The van der Waals surface area contributed by atoms with Gasteiger partial charge in [-0.2, -0.15) is 22.8 Å². The van der Waals surface area contributed by atoms with E-state index in [1.54, 1.807) is 0 Å². The van der Waals surface area contributed by atoms with Crippen LogP contribution in [0.25, 0.3) is 4.96 Å². The SMILES string of the molecule is O=C(NCc1nn2c(C(F)(F)F)nnc2s1)c1ccc(F)cc1. The molecule has 1 amide bonds. The Labute approximate surface area is 129 Å². The van der Waals surface area contributed by atoms with Crippen LogP contribution in [0.1, 0.15) is 21.2 Å². The first-order chi connectivity index (χ1) is 10.8. The van der Waals surface area contributed by atoms with Crippen molar-refractivity contribution >= 4 is 22.2 Å². The monoisotopic (exact) mass is 345 g/mol. The molecule has 0 radical (unpaired) electrons. The highest BCUT2D eigenvalue weighted by Gasteiger charge is 2.38. The van der Waals surface area contributed by atoms with E-state index in [2.05, 4.69) is 20.6 Å². The summed E-state index contributed by atoms with van der Waals surface area (Å²) in [5.74, 6) is -2.19. The number of aromatic nitrogens is 4. The standard InChI is InChI=1S/C12H7F4N5OS/c13-7-3-1-6(2-4-7)9(22)17-5-8-20-21-10(12(14,15)16)18-19-11(21)23-8/h1-4H,5H2,(H,17,22). The molecule has 11 heteroatoms. The summed E-state index contributed by atoms with van der Waals surface area (Å²) in [5.41, 5.74) is 0.227. The van der Waals surface area contributed by atoms with Crippen molar-refractivity contribution in [3.05, 3.63) is 46.5 Å². The molecule has 2 aromatic heterocycles. The average Bonchev–Trinajstić information content (AvgIpc) is 3.04. The molecule has 0 bridgehead atoms. The van der Waals surface area contributed by atoms with E-state index in [0.29, 0.717) is 4.52 Å². The summed E-state index contributed by atoms with van der Waals surface area (Å²) in [6.07, 6.45) is -4.66. The summed E-state index contributed by atoms with van der Waals surface area (Å²) in [4.78, 5) is 11.8. The molecule has 1 N–H and O–H groups in total. The van der Waals surface area contributed by atoms with Crippen LogP contribution < -0.4 is 5.32 Å². The summed E-state index contributed by atoms with van der Waals surface area (Å²) in [5, 5.41) is 12.9. The minimum absolute atomic E-state index is 0.0247. The summed E-state index contributed by atoms with van der Waals surface area (Å²) < 4.78 is 51.4. The lowest BCUT2D eigenvalue weighted by Gasteiger charge is -2.03. The quantitative estimate of drug-likeness (QED) is 0.739. The maximum atomic E-state index is 12.8. The number of fused-ring (bicyclic) bond motifs is 1. The highest BCUT2D eigenvalue weighted by Crippen LogP contribution is 2.28. The van der Waals surface area contributed by atoms with Gasteiger partial charge in [0.1, 0.15) is 10.8 Å². The van der Waals surface area contributed by atoms with E-state index in [-0.39, 0.29) is 22.1 Å². The zero-order chi connectivity index (χ0) is 16.6. The number of carbonyl (C=O) groups excluding carboxylic acids is 1. The lowest BCUT2D eigenvalue weighted by Crippen LogP contribution is -2.22. The third-order valence-electron chi connectivity index (χ3n) is 2.79. The number of halogens is 4. The van der Waals surface area contributed by atoms with Gasteiger partial charge in [0.05, 0.1) is 6.54 Å². The van der Waals surface area contributed by atoms with Gasteiger partial charge in [0.25, 0.3) is 11.7 Å². The zero-order valence-corrected chi connectivity index (χ0v) is 12.0. The Morgan fingerprint density at radius 3 is 2.57 bits per heavy atom. The van der Waals surface area contributed by atoms with Crippen molar-refractivity contribution in [2.24, 2.45) is 0 Å². The number of alkyl halides is 3. The fourth-order valence-corrected chi connectivity index (χ4v) is 2.54. The molecule has 6 nitrogen and oxygen atoms in total. The Bertz CT molecular complexity index is 855. The molecule has 0 aliphatic rings.